The molecule has 0 aliphatic heterocycles. The molecule has 1 heterocycles. The highest BCUT2D eigenvalue weighted by atomic mass is 19.3. The number of alkyl halides is 2. The molecule has 0 saturated carbocycles. The third-order valence-corrected chi connectivity index (χ3v) is 5.69. The summed E-state index contributed by atoms with van der Waals surface area (Å²) in [5.74, 6) is -8.85. The molecule has 1 aromatic heterocycles. The van der Waals surface area contributed by atoms with Crippen LogP contribution in [0.4, 0.5) is 39.5 Å². The number of unbranched alkanes of at least 4 members (excludes halogenated alkanes) is 1. The smallest absolute Gasteiger partial charge is 0.429 e. The van der Waals surface area contributed by atoms with Crippen LogP contribution in [0.2, 0.25) is 0 Å². The van der Waals surface area contributed by atoms with Gasteiger partial charge >= 0.3 is 6.11 Å². The van der Waals surface area contributed by atoms with Crippen molar-refractivity contribution in [3.63, 3.8) is 0 Å². The van der Waals surface area contributed by atoms with E-state index in [1.54, 1.807) is 0 Å². The molecule has 0 aliphatic rings. The molecule has 212 valence electrons. The fourth-order valence-corrected chi connectivity index (χ4v) is 3.68. The van der Waals surface area contributed by atoms with Crippen LogP contribution >= 0.6 is 0 Å². The summed E-state index contributed by atoms with van der Waals surface area (Å²) in [6, 6.07) is 2.62. The molecule has 0 unspecified atom stereocenters. The highest BCUT2D eigenvalue weighted by molar-refractivity contribution is 5.56. The van der Waals surface area contributed by atoms with Crippen LogP contribution in [0.15, 0.2) is 48.8 Å². The van der Waals surface area contributed by atoms with Crippen molar-refractivity contribution in [2.75, 3.05) is 0 Å². The topological polar surface area (TPSA) is 35.0 Å². The Labute approximate surface area is 227 Å². The number of aromatic nitrogens is 2. The number of hydrogen-bond donors (Lipinski definition) is 0. The Balaban J connectivity index is 1.58. The van der Waals surface area contributed by atoms with Crippen LogP contribution in [0.1, 0.15) is 42.0 Å². The second-order valence-electron chi connectivity index (χ2n) is 8.72. The summed E-state index contributed by atoms with van der Waals surface area (Å²) in [6.07, 6.45) is 0.658. The van der Waals surface area contributed by atoms with Gasteiger partial charge in [0.1, 0.15) is 34.6 Å². The molecule has 3 nitrogen and oxygen atoms in total. The molecule has 3 aromatic carbocycles. The first kappa shape index (κ1) is 29.5. The van der Waals surface area contributed by atoms with Gasteiger partial charge < -0.3 is 4.74 Å². The third kappa shape index (κ3) is 6.62. The number of rotatable bonds is 7. The fourth-order valence-electron chi connectivity index (χ4n) is 3.68. The first-order valence-corrected chi connectivity index (χ1v) is 11.9. The zero-order chi connectivity index (χ0) is 29.9. The van der Waals surface area contributed by atoms with Gasteiger partial charge in [-0.3, -0.25) is 0 Å². The lowest BCUT2D eigenvalue weighted by atomic mass is 10.1. The highest BCUT2D eigenvalue weighted by Crippen LogP contribution is 2.37. The molecule has 4 aromatic rings. The summed E-state index contributed by atoms with van der Waals surface area (Å²) in [4.78, 5) is 8.01. The van der Waals surface area contributed by atoms with Crippen LogP contribution in [0.3, 0.4) is 0 Å². The summed E-state index contributed by atoms with van der Waals surface area (Å²) in [5.41, 5.74) is -2.76. The largest absolute Gasteiger partial charge is 0.432 e. The van der Waals surface area contributed by atoms with Crippen molar-refractivity contribution in [1.29, 1.82) is 0 Å². The van der Waals surface area contributed by atoms with Gasteiger partial charge in [-0.05, 0) is 42.7 Å². The van der Waals surface area contributed by atoms with E-state index in [2.05, 4.69) is 14.7 Å². The molecule has 0 aliphatic carbocycles. The van der Waals surface area contributed by atoms with E-state index in [1.807, 2.05) is 18.8 Å². The number of benzene rings is 3. The summed E-state index contributed by atoms with van der Waals surface area (Å²) in [5, 5.41) is 0. The van der Waals surface area contributed by atoms with Crippen molar-refractivity contribution in [2.24, 2.45) is 0 Å². The predicted octanol–water partition coefficient (Wildman–Crippen LogP) is 7.99. The van der Waals surface area contributed by atoms with E-state index < -0.39 is 69.3 Å². The summed E-state index contributed by atoms with van der Waals surface area (Å²) >= 11 is 0. The lowest BCUT2D eigenvalue weighted by Gasteiger charge is -2.20. The average molecular weight is 580 g/mol. The van der Waals surface area contributed by atoms with Gasteiger partial charge in [0.05, 0.1) is 5.56 Å². The second kappa shape index (κ2) is 11.9. The molecule has 0 saturated heterocycles. The minimum atomic E-state index is -4.73. The van der Waals surface area contributed by atoms with Gasteiger partial charge in [0, 0.05) is 35.7 Å². The highest BCUT2D eigenvalue weighted by Gasteiger charge is 2.41. The van der Waals surface area contributed by atoms with E-state index in [4.69, 9.17) is 0 Å². The third-order valence-electron chi connectivity index (χ3n) is 5.69. The molecule has 41 heavy (non-hydrogen) atoms. The number of halogens is 9. The molecule has 0 fully saturated rings. The Morgan fingerprint density at radius 3 is 1.83 bits per heavy atom. The molecule has 0 bridgehead atoms. The maximum absolute atomic E-state index is 14.8. The molecule has 0 N–H and O–H groups in total. The average Bonchev–Trinajstić information content (AvgIpc) is 2.89. The van der Waals surface area contributed by atoms with E-state index in [0.717, 1.165) is 18.4 Å². The summed E-state index contributed by atoms with van der Waals surface area (Å²) in [7, 11) is 0. The lowest BCUT2D eigenvalue weighted by Crippen LogP contribution is -2.25. The predicted molar refractivity (Wildman–Crippen MR) is 129 cm³/mol. The van der Waals surface area contributed by atoms with Crippen LogP contribution in [-0.4, -0.2) is 9.97 Å². The minimum Gasteiger partial charge on any atom is -0.429 e. The Morgan fingerprint density at radius 1 is 0.732 bits per heavy atom. The second-order valence-corrected chi connectivity index (χ2v) is 8.72. The fraction of sp³-hybridized carbons (Fsp3) is 0.172. The van der Waals surface area contributed by atoms with Gasteiger partial charge in [-0.25, -0.2) is 40.7 Å². The van der Waals surface area contributed by atoms with Gasteiger partial charge in [-0.1, -0.05) is 25.2 Å². The molecule has 0 amide bonds. The SMILES string of the molecule is CCCCc1cnc(-c2cc(F)c(C(F)(F)Oc3cc(F)c(C#Cc4cc(F)c(F)c(F)c4)c(F)c3)c(F)c2)nc1. The monoisotopic (exact) mass is 580 g/mol. The normalized spacial score (nSPS) is 11.3. The van der Waals surface area contributed by atoms with Gasteiger partial charge in [-0.15, -0.1) is 0 Å². The van der Waals surface area contributed by atoms with E-state index in [9.17, 15) is 39.5 Å². The van der Waals surface area contributed by atoms with Gasteiger partial charge in [0.25, 0.3) is 0 Å². The molecular weight excluding hydrogens is 563 g/mol. The van der Waals surface area contributed by atoms with Crippen molar-refractivity contribution in [1.82, 2.24) is 9.97 Å². The van der Waals surface area contributed by atoms with Crippen molar-refractivity contribution >= 4 is 0 Å². The van der Waals surface area contributed by atoms with Gasteiger partial charge in [-0.2, -0.15) is 8.78 Å². The first-order valence-electron chi connectivity index (χ1n) is 11.9. The Kier molecular flexibility index (Phi) is 8.56. The number of hydrogen-bond acceptors (Lipinski definition) is 3. The van der Waals surface area contributed by atoms with Crippen LogP contribution in [-0.2, 0) is 12.5 Å². The van der Waals surface area contributed by atoms with Crippen molar-refractivity contribution in [3.8, 4) is 29.0 Å². The maximum atomic E-state index is 14.8. The van der Waals surface area contributed by atoms with E-state index in [1.165, 1.54) is 12.4 Å². The molecule has 12 heteroatoms. The van der Waals surface area contributed by atoms with Crippen molar-refractivity contribution < 1.29 is 44.3 Å². The summed E-state index contributed by atoms with van der Waals surface area (Å²) < 4.78 is 132. The van der Waals surface area contributed by atoms with Gasteiger partial charge in [0.15, 0.2) is 23.3 Å². The van der Waals surface area contributed by atoms with Crippen molar-refractivity contribution in [2.45, 2.75) is 32.3 Å². The van der Waals surface area contributed by atoms with Crippen LogP contribution in [0.5, 0.6) is 5.75 Å². The number of aryl methyl sites for hydroxylation is 1. The number of ether oxygens (including phenoxy) is 1. The molecule has 0 spiro atoms. The lowest BCUT2D eigenvalue weighted by molar-refractivity contribution is -0.189. The molecule has 0 atom stereocenters. The van der Waals surface area contributed by atoms with E-state index in [-0.39, 0.29) is 23.5 Å². The summed E-state index contributed by atoms with van der Waals surface area (Å²) in [6.45, 7) is 1.99. The first-order chi connectivity index (χ1) is 19.4. The Bertz CT molecular complexity index is 1590. The standard InChI is InChI=1S/C29H17F9N2O/c1-2-3-4-16-13-39-28(40-14-16)17-9-22(32)26(23(33)10-17)29(37,38)41-18-11-20(30)19(21(31)12-18)6-5-15-7-24(34)27(36)25(35)8-15/h7-14H,2-4H2,1H3. The zero-order valence-corrected chi connectivity index (χ0v) is 20.9. The Morgan fingerprint density at radius 2 is 1.29 bits per heavy atom. The zero-order valence-electron chi connectivity index (χ0n) is 20.9. The van der Waals surface area contributed by atoms with Crippen LogP contribution < -0.4 is 4.74 Å². The minimum absolute atomic E-state index is 0.120. The Hall–Kier alpha value is -4.53. The quantitative estimate of drug-likeness (QED) is 0.126. The molecule has 4 rings (SSSR count). The van der Waals surface area contributed by atoms with E-state index in [0.29, 0.717) is 30.7 Å². The van der Waals surface area contributed by atoms with Crippen molar-refractivity contribution in [3.05, 3.63) is 112 Å². The van der Waals surface area contributed by atoms with Gasteiger partial charge in [0.2, 0.25) is 0 Å². The molecule has 0 radical (unpaired) electrons. The van der Waals surface area contributed by atoms with E-state index >= 15 is 0 Å². The molecular formula is C29H17F9N2O. The van der Waals surface area contributed by atoms with Crippen LogP contribution in [0, 0.1) is 52.6 Å². The number of nitrogens with zero attached hydrogens (tertiary/aromatic N) is 2. The maximum Gasteiger partial charge on any atom is 0.432 e. The van der Waals surface area contributed by atoms with Crippen LogP contribution in [0.25, 0.3) is 11.4 Å².